The Bertz CT molecular complexity index is 615. The number of hydrogen-bond acceptors (Lipinski definition) is 6. The highest BCUT2D eigenvalue weighted by molar-refractivity contribution is 7.14. The van der Waals surface area contributed by atoms with Gasteiger partial charge in [-0.05, 0) is 19.1 Å². The number of ether oxygens (including phenoxy) is 2. The fourth-order valence-corrected chi connectivity index (χ4v) is 2.16. The molecule has 2 aromatic rings. The quantitative estimate of drug-likeness (QED) is 0.858. The van der Waals surface area contributed by atoms with Gasteiger partial charge in [-0.1, -0.05) is 0 Å². The molecular weight excluding hydrogens is 283 g/mol. The zero-order valence-corrected chi connectivity index (χ0v) is 11.8. The smallest absolute Gasteiger partial charge is 0.357 e. The third-order valence-electron chi connectivity index (χ3n) is 2.40. The van der Waals surface area contributed by atoms with Gasteiger partial charge in [-0.15, -0.1) is 11.3 Å². The Balaban J connectivity index is 2.16. The van der Waals surface area contributed by atoms with Crippen molar-refractivity contribution in [3.8, 4) is 5.75 Å². The summed E-state index contributed by atoms with van der Waals surface area (Å²) in [5.74, 6) is -0.405. The van der Waals surface area contributed by atoms with Crippen LogP contribution in [0.5, 0.6) is 5.75 Å². The largest absolute Gasteiger partial charge is 0.497 e. The molecule has 5 nitrogen and oxygen atoms in total. The average Bonchev–Trinajstić information content (AvgIpc) is 2.90. The summed E-state index contributed by atoms with van der Waals surface area (Å²) in [5, 5.41) is 4.77. The number of aromatic nitrogens is 1. The predicted octanol–water partition coefficient (Wildman–Crippen LogP) is 3.21. The molecule has 0 fully saturated rings. The molecule has 0 aliphatic heterocycles. The maximum Gasteiger partial charge on any atom is 0.357 e. The Kier molecular flexibility index (Phi) is 4.52. The number of halogens is 1. The molecule has 0 aliphatic rings. The number of nitrogens with one attached hydrogen (secondary N) is 1. The second-order valence-corrected chi connectivity index (χ2v) is 4.59. The van der Waals surface area contributed by atoms with Gasteiger partial charge in [0, 0.05) is 11.4 Å². The van der Waals surface area contributed by atoms with E-state index >= 15 is 0 Å². The van der Waals surface area contributed by atoms with Crippen LogP contribution in [0.1, 0.15) is 17.4 Å². The third kappa shape index (κ3) is 3.24. The summed E-state index contributed by atoms with van der Waals surface area (Å²) in [6, 6.07) is 4.33. The van der Waals surface area contributed by atoms with Crippen LogP contribution in [0.2, 0.25) is 0 Å². The minimum atomic E-state index is -0.497. The monoisotopic (exact) mass is 296 g/mol. The standard InChI is InChI=1S/C13H13FN2O3S/c1-3-19-12(17)11-7-20-13(16-11)15-10-6-8(18-2)4-5-9(10)14/h4-7H,3H2,1-2H3,(H,15,16). The van der Waals surface area contributed by atoms with Gasteiger partial charge in [0.1, 0.15) is 11.6 Å². The lowest BCUT2D eigenvalue weighted by Gasteiger charge is -2.06. The van der Waals surface area contributed by atoms with Gasteiger partial charge >= 0.3 is 5.97 Å². The van der Waals surface area contributed by atoms with Gasteiger partial charge < -0.3 is 14.8 Å². The fourth-order valence-electron chi connectivity index (χ4n) is 1.47. The molecule has 0 bridgehead atoms. The molecule has 0 aliphatic carbocycles. The number of thiazole rings is 1. The highest BCUT2D eigenvalue weighted by Crippen LogP contribution is 2.26. The maximum atomic E-state index is 13.6. The van der Waals surface area contributed by atoms with Gasteiger partial charge in [0.2, 0.25) is 0 Å². The molecule has 0 unspecified atom stereocenters. The number of benzene rings is 1. The average molecular weight is 296 g/mol. The summed E-state index contributed by atoms with van der Waals surface area (Å²) in [6.45, 7) is 2.00. The van der Waals surface area contributed by atoms with Crippen LogP contribution < -0.4 is 10.1 Å². The van der Waals surface area contributed by atoms with E-state index in [2.05, 4.69) is 10.3 Å². The first-order chi connectivity index (χ1) is 9.63. The van der Waals surface area contributed by atoms with E-state index in [0.717, 1.165) is 0 Å². The molecule has 20 heavy (non-hydrogen) atoms. The topological polar surface area (TPSA) is 60.5 Å². The normalized spacial score (nSPS) is 10.2. The lowest BCUT2D eigenvalue weighted by Crippen LogP contribution is -2.05. The van der Waals surface area contributed by atoms with Crippen molar-refractivity contribution in [2.24, 2.45) is 0 Å². The van der Waals surface area contributed by atoms with Crippen LogP contribution in [0.15, 0.2) is 23.6 Å². The Morgan fingerprint density at radius 1 is 1.50 bits per heavy atom. The Labute approximate surface area is 119 Å². The summed E-state index contributed by atoms with van der Waals surface area (Å²) < 4.78 is 23.5. The van der Waals surface area contributed by atoms with Crippen LogP contribution in [0.3, 0.4) is 0 Å². The van der Waals surface area contributed by atoms with Crippen molar-refractivity contribution in [1.29, 1.82) is 0 Å². The van der Waals surface area contributed by atoms with E-state index in [-0.39, 0.29) is 18.0 Å². The van der Waals surface area contributed by atoms with E-state index in [1.54, 1.807) is 12.3 Å². The second-order valence-electron chi connectivity index (χ2n) is 3.73. The van der Waals surface area contributed by atoms with Gasteiger partial charge in [0.15, 0.2) is 10.8 Å². The number of carbonyl (C=O) groups is 1. The minimum absolute atomic E-state index is 0.197. The first-order valence-corrected chi connectivity index (χ1v) is 6.75. The van der Waals surface area contributed by atoms with Crippen molar-refractivity contribution < 1.29 is 18.7 Å². The van der Waals surface area contributed by atoms with Gasteiger partial charge in [-0.2, -0.15) is 0 Å². The molecule has 7 heteroatoms. The lowest BCUT2D eigenvalue weighted by molar-refractivity contribution is 0.0520. The molecule has 1 aromatic heterocycles. The maximum absolute atomic E-state index is 13.6. The number of hydrogen-bond donors (Lipinski definition) is 1. The van der Waals surface area contributed by atoms with E-state index in [9.17, 15) is 9.18 Å². The fraction of sp³-hybridized carbons (Fsp3) is 0.231. The van der Waals surface area contributed by atoms with Crippen LogP contribution in [0, 0.1) is 5.82 Å². The number of nitrogens with zero attached hydrogens (tertiary/aromatic N) is 1. The number of esters is 1. The lowest BCUT2D eigenvalue weighted by atomic mass is 10.3. The van der Waals surface area contributed by atoms with Crippen molar-refractivity contribution in [1.82, 2.24) is 4.98 Å². The number of methoxy groups -OCH3 is 1. The van der Waals surface area contributed by atoms with Crippen molar-refractivity contribution >= 4 is 28.1 Å². The summed E-state index contributed by atoms with van der Waals surface area (Å²) in [5.41, 5.74) is 0.428. The Hall–Kier alpha value is -2.15. The van der Waals surface area contributed by atoms with Crippen LogP contribution >= 0.6 is 11.3 Å². The van der Waals surface area contributed by atoms with Crippen LogP contribution in [0.25, 0.3) is 0 Å². The van der Waals surface area contributed by atoms with Crippen molar-refractivity contribution in [2.45, 2.75) is 6.92 Å². The predicted molar refractivity (Wildman–Crippen MR) is 74.3 cm³/mol. The van der Waals surface area contributed by atoms with E-state index in [4.69, 9.17) is 9.47 Å². The zero-order valence-electron chi connectivity index (χ0n) is 11.0. The number of carbonyl (C=O) groups excluding carboxylic acids is 1. The number of anilines is 2. The third-order valence-corrected chi connectivity index (χ3v) is 3.16. The van der Waals surface area contributed by atoms with Crippen LogP contribution in [-0.4, -0.2) is 24.7 Å². The van der Waals surface area contributed by atoms with Crippen molar-refractivity contribution in [2.75, 3.05) is 19.0 Å². The van der Waals surface area contributed by atoms with E-state index in [0.29, 0.717) is 10.9 Å². The van der Waals surface area contributed by atoms with Gasteiger partial charge in [0.25, 0.3) is 0 Å². The first-order valence-electron chi connectivity index (χ1n) is 5.87. The second kappa shape index (κ2) is 6.33. The summed E-state index contributed by atoms with van der Waals surface area (Å²) in [6.07, 6.45) is 0. The van der Waals surface area contributed by atoms with E-state index < -0.39 is 11.8 Å². The summed E-state index contributed by atoms with van der Waals surface area (Å²) in [7, 11) is 1.50. The molecule has 1 N–H and O–H groups in total. The summed E-state index contributed by atoms with van der Waals surface area (Å²) >= 11 is 1.19. The molecule has 0 amide bonds. The molecule has 0 spiro atoms. The van der Waals surface area contributed by atoms with Crippen molar-refractivity contribution in [3.05, 3.63) is 35.1 Å². The molecule has 1 heterocycles. The molecule has 0 saturated heterocycles. The van der Waals surface area contributed by atoms with Gasteiger partial charge in [0.05, 0.1) is 19.4 Å². The summed E-state index contributed by atoms with van der Waals surface area (Å²) in [4.78, 5) is 15.5. The van der Waals surface area contributed by atoms with Crippen molar-refractivity contribution in [3.63, 3.8) is 0 Å². The molecule has 0 radical (unpaired) electrons. The molecule has 0 atom stereocenters. The van der Waals surface area contributed by atoms with Crippen LogP contribution in [0.4, 0.5) is 15.2 Å². The Morgan fingerprint density at radius 2 is 2.30 bits per heavy atom. The van der Waals surface area contributed by atoms with E-state index in [1.165, 1.54) is 36.6 Å². The van der Waals surface area contributed by atoms with Gasteiger partial charge in [-0.3, -0.25) is 0 Å². The van der Waals surface area contributed by atoms with E-state index in [1.807, 2.05) is 0 Å². The molecule has 2 rings (SSSR count). The zero-order chi connectivity index (χ0) is 14.5. The SMILES string of the molecule is CCOC(=O)c1csc(Nc2cc(OC)ccc2F)n1. The highest BCUT2D eigenvalue weighted by atomic mass is 32.1. The Morgan fingerprint density at radius 3 is 3.00 bits per heavy atom. The van der Waals surface area contributed by atoms with Gasteiger partial charge in [-0.25, -0.2) is 14.2 Å². The van der Waals surface area contributed by atoms with Crippen LogP contribution in [-0.2, 0) is 4.74 Å². The molecule has 106 valence electrons. The molecule has 1 aromatic carbocycles. The minimum Gasteiger partial charge on any atom is -0.497 e. The molecule has 0 saturated carbocycles. The highest BCUT2D eigenvalue weighted by Gasteiger charge is 2.13. The molecular formula is C13H13FN2O3S. The first kappa shape index (κ1) is 14.3. The number of rotatable bonds is 5.